The molecule has 0 amide bonds. The van der Waals surface area contributed by atoms with Gasteiger partial charge in [0.1, 0.15) is 0 Å². The lowest BCUT2D eigenvalue weighted by Gasteiger charge is -2.21. The van der Waals surface area contributed by atoms with E-state index in [2.05, 4.69) is 5.32 Å². The molecule has 1 saturated carbocycles. The Morgan fingerprint density at radius 3 is 2.75 bits per heavy atom. The average Bonchev–Trinajstić information content (AvgIpc) is 2.71. The first-order valence-corrected chi connectivity index (χ1v) is 5.65. The van der Waals surface area contributed by atoms with Crippen molar-refractivity contribution in [3.05, 3.63) is 18.2 Å². The second-order valence-electron chi connectivity index (χ2n) is 4.30. The SMILES string of the molecule is COC1CCCC1Nc1ccc(N)c(N)c1. The largest absolute Gasteiger partial charge is 0.397 e. The summed E-state index contributed by atoms with van der Waals surface area (Å²) in [6.45, 7) is 0. The molecule has 2 unspecified atom stereocenters. The highest BCUT2D eigenvalue weighted by Gasteiger charge is 2.26. The molecule has 0 radical (unpaired) electrons. The van der Waals surface area contributed by atoms with Crippen molar-refractivity contribution in [1.29, 1.82) is 0 Å². The predicted octanol–water partition coefficient (Wildman–Crippen LogP) is 1.83. The highest BCUT2D eigenvalue weighted by molar-refractivity contribution is 5.69. The molecule has 0 heterocycles. The summed E-state index contributed by atoms with van der Waals surface area (Å²) in [5.74, 6) is 0. The van der Waals surface area contributed by atoms with Crippen LogP contribution in [0.4, 0.5) is 17.1 Å². The summed E-state index contributed by atoms with van der Waals surface area (Å²) in [7, 11) is 1.77. The van der Waals surface area contributed by atoms with Crippen molar-refractivity contribution in [2.24, 2.45) is 0 Å². The number of nitrogens with two attached hydrogens (primary N) is 2. The number of methoxy groups -OCH3 is 1. The van der Waals surface area contributed by atoms with Crippen molar-refractivity contribution in [1.82, 2.24) is 0 Å². The number of benzene rings is 1. The minimum atomic E-state index is 0.304. The topological polar surface area (TPSA) is 73.3 Å². The Morgan fingerprint density at radius 1 is 1.25 bits per heavy atom. The van der Waals surface area contributed by atoms with Gasteiger partial charge in [0.2, 0.25) is 0 Å². The summed E-state index contributed by atoms with van der Waals surface area (Å²) in [5.41, 5.74) is 13.7. The first kappa shape index (κ1) is 11.1. The van der Waals surface area contributed by atoms with E-state index >= 15 is 0 Å². The normalized spacial score (nSPS) is 24.6. The van der Waals surface area contributed by atoms with E-state index in [4.69, 9.17) is 16.2 Å². The molecule has 0 aromatic heterocycles. The number of hydrogen-bond acceptors (Lipinski definition) is 4. The molecular formula is C12H19N3O. The molecule has 1 aromatic rings. The highest BCUT2D eigenvalue weighted by atomic mass is 16.5. The van der Waals surface area contributed by atoms with Crippen LogP contribution in [-0.2, 0) is 4.74 Å². The average molecular weight is 221 g/mol. The van der Waals surface area contributed by atoms with E-state index < -0.39 is 0 Å². The van der Waals surface area contributed by atoms with Gasteiger partial charge in [0.05, 0.1) is 23.5 Å². The van der Waals surface area contributed by atoms with E-state index in [1.807, 2.05) is 18.2 Å². The zero-order valence-corrected chi connectivity index (χ0v) is 9.57. The third kappa shape index (κ3) is 2.22. The fraction of sp³-hybridized carbons (Fsp3) is 0.500. The summed E-state index contributed by atoms with van der Waals surface area (Å²) in [6.07, 6.45) is 3.78. The molecule has 1 aliphatic carbocycles. The summed E-state index contributed by atoms with van der Waals surface area (Å²) < 4.78 is 5.43. The maximum atomic E-state index is 5.77. The molecule has 4 heteroatoms. The van der Waals surface area contributed by atoms with E-state index in [9.17, 15) is 0 Å². The van der Waals surface area contributed by atoms with Crippen molar-refractivity contribution < 1.29 is 4.74 Å². The van der Waals surface area contributed by atoms with Crippen LogP contribution in [0, 0.1) is 0 Å². The van der Waals surface area contributed by atoms with Gasteiger partial charge in [-0.1, -0.05) is 0 Å². The molecule has 0 bridgehead atoms. The van der Waals surface area contributed by atoms with E-state index in [0.29, 0.717) is 23.5 Å². The minimum absolute atomic E-state index is 0.304. The van der Waals surface area contributed by atoms with Gasteiger partial charge in [0.25, 0.3) is 0 Å². The third-order valence-electron chi connectivity index (χ3n) is 3.19. The fourth-order valence-electron chi connectivity index (χ4n) is 2.25. The number of rotatable bonds is 3. The van der Waals surface area contributed by atoms with E-state index in [1.54, 1.807) is 7.11 Å². The van der Waals surface area contributed by atoms with E-state index in [0.717, 1.165) is 18.5 Å². The molecule has 16 heavy (non-hydrogen) atoms. The first-order valence-electron chi connectivity index (χ1n) is 5.65. The van der Waals surface area contributed by atoms with Crippen molar-refractivity contribution in [2.45, 2.75) is 31.4 Å². The van der Waals surface area contributed by atoms with Gasteiger partial charge in [-0.15, -0.1) is 0 Å². The Balaban J connectivity index is 2.05. The summed E-state index contributed by atoms with van der Waals surface area (Å²) in [6, 6.07) is 6.04. The second-order valence-corrected chi connectivity index (χ2v) is 4.30. The van der Waals surface area contributed by atoms with Crippen LogP contribution in [0.5, 0.6) is 0 Å². The van der Waals surface area contributed by atoms with Crippen molar-refractivity contribution in [3.8, 4) is 0 Å². The minimum Gasteiger partial charge on any atom is -0.397 e. The highest BCUT2D eigenvalue weighted by Crippen LogP contribution is 2.27. The van der Waals surface area contributed by atoms with Crippen LogP contribution in [0.25, 0.3) is 0 Å². The Kier molecular flexibility index (Phi) is 3.19. The lowest BCUT2D eigenvalue weighted by Crippen LogP contribution is -2.29. The van der Waals surface area contributed by atoms with Gasteiger partial charge in [0.15, 0.2) is 0 Å². The van der Waals surface area contributed by atoms with Crippen molar-refractivity contribution in [3.63, 3.8) is 0 Å². The van der Waals surface area contributed by atoms with Gasteiger partial charge >= 0.3 is 0 Å². The van der Waals surface area contributed by atoms with Gasteiger partial charge < -0.3 is 21.5 Å². The van der Waals surface area contributed by atoms with Crippen molar-refractivity contribution in [2.75, 3.05) is 23.9 Å². The smallest absolute Gasteiger partial charge is 0.0772 e. The number of nitrogen functional groups attached to an aromatic ring is 2. The number of anilines is 3. The Labute approximate surface area is 96.0 Å². The molecule has 1 aromatic carbocycles. The number of hydrogen-bond donors (Lipinski definition) is 3. The molecule has 0 saturated heterocycles. The molecule has 2 rings (SSSR count). The summed E-state index contributed by atoms with van der Waals surface area (Å²) >= 11 is 0. The lowest BCUT2D eigenvalue weighted by molar-refractivity contribution is 0.101. The molecule has 0 aliphatic heterocycles. The maximum Gasteiger partial charge on any atom is 0.0772 e. The fourth-order valence-corrected chi connectivity index (χ4v) is 2.25. The van der Waals surface area contributed by atoms with E-state index in [-0.39, 0.29) is 0 Å². The quantitative estimate of drug-likeness (QED) is 0.681. The van der Waals surface area contributed by atoms with Gasteiger partial charge in [-0.25, -0.2) is 0 Å². The zero-order chi connectivity index (χ0) is 11.5. The molecule has 4 nitrogen and oxygen atoms in total. The molecule has 1 aliphatic rings. The molecule has 5 N–H and O–H groups in total. The Morgan fingerprint density at radius 2 is 2.06 bits per heavy atom. The molecular weight excluding hydrogens is 202 g/mol. The van der Waals surface area contributed by atoms with Crippen molar-refractivity contribution >= 4 is 17.1 Å². The van der Waals surface area contributed by atoms with Gasteiger partial charge in [-0.2, -0.15) is 0 Å². The Bertz CT molecular complexity index is 367. The lowest BCUT2D eigenvalue weighted by atomic mass is 10.2. The van der Waals surface area contributed by atoms with Crippen LogP contribution in [0.1, 0.15) is 19.3 Å². The van der Waals surface area contributed by atoms with E-state index in [1.165, 1.54) is 6.42 Å². The first-order chi connectivity index (χ1) is 7.70. The van der Waals surface area contributed by atoms with Crippen LogP contribution < -0.4 is 16.8 Å². The molecule has 0 spiro atoms. The Hall–Kier alpha value is -1.42. The third-order valence-corrected chi connectivity index (χ3v) is 3.19. The van der Waals surface area contributed by atoms with Crippen LogP contribution in [0.15, 0.2) is 18.2 Å². The number of nitrogens with one attached hydrogen (secondary N) is 1. The monoisotopic (exact) mass is 221 g/mol. The molecule has 2 atom stereocenters. The summed E-state index contributed by atoms with van der Waals surface area (Å²) in [5, 5.41) is 3.45. The maximum absolute atomic E-state index is 5.77. The van der Waals surface area contributed by atoms with Crippen LogP contribution in [0.3, 0.4) is 0 Å². The zero-order valence-electron chi connectivity index (χ0n) is 9.57. The second kappa shape index (κ2) is 4.61. The van der Waals surface area contributed by atoms with Gasteiger partial charge in [0, 0.05) is 12.8 Å². The molecule has 1 fully saturated rings. The van der Waals surface area contributed by atoms with Gasteiger partial charge in [-0.3, -0.25) is 0 Å². The predicted molar refractivity (Wildman–Crippen MR) is 67.3 cm³/mol. The van der Waals surface area contributed by atoms with Crippen LogP contribution in [-0.4, -0.2) is 19.3 Å². The van der Waals surface area contributed by atoms with Gasteiger partial charge in [-0.05, 0) is 37.5 Å². The molecule has 88 valence electrons. The standard InChI is InChI=1S/C12H19N3O/c1-16-12-4-2-3-11(12)15-8-5-6-9(13)10(14)7-8/h5-7,11-12,15H,2-4,13-14H2,1H3. The number of ether oxygens (including phenoxy) is 1. The summed E-state index contributed by atoms with van der Waals surface area (Å²) in [4.78, 5) is 0. The van der Waals surface area contributed by atoms with Crippen LogP contribution in [0.2, 0.25) is 0 Å². The van der Waals surface area contributed by atoms with Crippen LogP contribution >= 0.6 is 0 Å².